The molecule has 0 radical (unpaired) electrons. The zero-order valence-corrected chi connectivity index (χ0v) is 33.8. The number of fused-ring (bicyclic) bond motifs is 6. The Bertz CT molecular complexity index is 3300. The molecule has 4 heteroatoms. The van der Waals surface area contributed by atoms with Crippen LogP contribution in [-0.4, -0.2) is 4.57 Å². The summed E-state index contributed by atoms with van der Waals surface area (Å²) in [5, 5.41) is 5.97. The molecule has 10 aromatic carbocycles. The highest BCUT2D eigenvalue weighted by Gasteiger charge is 2.35. The van der Waals surface area contributed by atoms with Crippen LogP contribution in [-0.2, 0) is 0 Å². The van der Waals surface area contributed by atoms with E-state index >= 15 is 0 Å². The number of ether oxygens (including phenoxy) is 1. The van der Waals surface area contributed by atoms with Crippen molar-refractivity contribution < 1.29 is 4.74 Å². The fourth-order valence-electron chi connectivity index (χ4n) is 9.32. The second-order valence-electron chi connectivity index (χ2n) is 15.7. The molecule has 1 aliphatic rings. The molecular formula is C58H39N3O. The highest BCUT2D eigenvalue weighted by atomic mass is 16.5. The Balaban J connectivity index is 1.06. The number of rotatable bonds is 7. The maximum atomic E-state index is 7.38. The molecule has 4 nitrogen and oxygen atoms in total. The van der Waals surface area contributed by atoms with Crippen LogP contribution < -0.4 is 14.5 Å². The normalized spacial score (nSPS) is 12.0. The van der Waals surface area contributed by atoms with E-state index < -0.39 is 0 Å². The van der Waals surface area contributed by atoms with Gasteiger partial charge in [0.05, 0.1) is 16.9 Å². The van der Waals surface area contributed by atoms with Gasteiger partial charge >= 0.3 is 0 Å². The SMILES string of the molecule is c1ccc(N2c3cccc(N(c4ccc(-c5cccc6ccccc56)cc4)c4ccc(-c5cccc6ccccc56)cc4)c3Oc3c2n(-c2ccccc2)c2ccccc32)cc1. The molecule has 11 aromatic rings. The topological polar surface area (TPSA) is 20.6 Å². The summed E-state index contributed by atoms with van der Waals surface area (Å²) in [5.74, 6) is 2.54. The molecule has 0 aliphatic carbocycles. The summed E-state index contributed by atoms with van der Waals surface area (Å²) in [4.78, 5) is 4.69. The molecule has 0 atom stereocenters. The molecule has 0 unspecified atom stereocenters. The number of aromatic nitrogens is 1. The standard InChI is InChI=1S/C58H39N3O/c1-3-20-44(21-4-1)60-53-29-12-11-26-52(53)56-58(60)61(45-22-5-2-6-23-45)55-31-15-30-54(57(55)62-56)59(46-36-32-42(33-37-46)50-27-13-18-40-16-7-9-24-48(40)50)47-38-34-43(35-39-47)51-28-14-19-41-17-8-10-25-49(41)51/h1-39H. The van der Waals surface area contributed by atoms with Crippen molar-refractivity contribution in [2.45, 2.75) is 0 Å². The first-order valence-electron chi connectivity index (χ1n) is 21.1. The largest absolute Gasteiger partial charge is 0.448 e. The van der Waals surface area contributed by atoms with Crippen LogP contribution >= 0.6 is 0 Å². The number of hydrogen-bond acceptors (Lipinski definition) is 3. The third-order valence-corrected chi connectivity index (χ3v) is 12.2. The van der Waals surface area contributed by atoms with E-state index in [2.05, 4.69) is 251 Å². The van der Waals surface area contributed by atoms with Gasteiger partial charge in [0.25, 0.3) is 0 Å². The maximum absolute atomic E-state index is 7.38. The van der Waals surface area contributed by atoms with Crippen LogP contribution in [0.15, 0.2) is 237 Å². The fraction of sp³-hybridized carbons (Fsp3) is 0. The van der Waals surface area contributed by atoms with Crippen molar-refractivity contribution in [1.29, 1.82) is 0 Å². The summed E-state index contributed by atoms with van der Waals surface area (Å²) < 4.78 is 9.70. The Morgan fingerprint density at radius 2 is 0.839 bits per heavy atom. The minimum atomic E-state index is 0.774. The van der Waals surface area contributed by atoms with E-state index in [-0.39, 0.29) is 0 Å². The van der Waals surface area contributed by atoms with Crippen molar-refractivity contribution >= 4 is 66.7 Å². The Morgan fingerprint density at radius 3 is 1.44 bits per heavy atom. The van der Waals surface area contributed by atoms with Crippen molar-refractivity contribution in [3.63, 3.8) is 0 Å². The van der Waals surface area contributed by atoms with E-state index in [9.17, 15) is 0 Å². The predicted molar refractivity (Wildman–Crippen MR) is 259 cm³/mol. The molecule has 1 aliphatic heterocycles. The maximum Gasteiger partial charge on any atom is 0.178 e. The third kappa shape index (κ3) is 5.84. The minimum Gasteiger partial charge on any atom is -0.448 e. The average molecular weight is 794 g/mol. The summed E-state index contributed by atoms with van der Waals surface area (Å²) in [6.45, 7) is 0. The summed E-state index contributed by atoms with van der Waals surface area (Å²) in [6, 6.07) is 84.4. The van der Waals surface area contributed by atoms with Gasteiger partial charge < -0.3 is 9.64 Å². The zero-order valence-electron chi connectivity index (χ0n) is 33.8. The van der Waals surface area contributed by atoms with Crippen LogP contribution in [0.4, 0.5) is 34.3 Å². The second kappa shape index (κ2) is 14.7. The van der Waals surface area contributed by atoms with Crippen LogP contribution in [0.5, 0.6) is 11.5 Å². The lowest BCUT2D eigenvalue weighted by molar-refractivity contribution is 0.482. The van der Waals surface area contributed by atoms with Crippen LogP contribution in [0.2, 0.25) is 0 Å². The number of anilines is 6. The molecule has 12 rings (SSSR count). The molecule has 0 fully saturated rings. The minimum absolute atomic E-state index is 0.774. The van der Waals surface area contributed by atoms with Gasteiger partial charge in [0.15, 0.2) is 17.3 Å². The van der Waals surface area contributed by atoms with Gasteiger partial charge in [0.1, 0.15) is 0 Å². The Labute approximate surface area is 360 Å². The van der Waals surface area contributed by atoms with E-state index in [1.54, 1.807) is 0 Å². The molecule has 0 amide bonds. The molecule has 0 bridgehead atoms. The first kappa shape index (κ1) is 35.6. The van der Waals surface area contributed by atoms with Crippen LogP contribution in [0.3, 0.4) is 0 Å². The molecule has 0 saturated carbocycles. The summed E-state index contributed by atoms with van der Waals surface area (Å²) >= 11 is 0. The third-order valence-electron chi connectivity index (χ3n) is 12.2. The Morgan fingerprint density at radius 1 is 0.355 bits per heavy atom. The highest BCUT2D eigenvalue weighted by molar-refractivity contribution is 6.04. The van der Waals surface area contributed by atoms with E-state index in [4.69, 9.17) is 4.74 Å². The van der Waals surface area contributed by atoms with Gasteiger partial charge in [-0.25, -0.2) is 0 Å². The number of nitrogens with zero attached hydrogens (tertiary/aromatic N) is 3. The zero-order chi connectivity index (χ0) is 41.0. The van der Waals surface area contributed by atoms with Crippen LogP contribution in [0, 0.1) is 0 Å². The number of hydrogen-bond donors (Lipinski definition) is 0. The van der Waals surface area contributed by atoms with Crippen LogP contribution in [0.25, 0.3) is 60.4 Å². The van der Waals surface area contributed by atoms with E-state index in [0.717, 1.165) is 73.5 Å². The van der Waals surface area contributed by atoms with Crippen molar-refractivity contribution in [3.05, 3.63) is 237 Å². The van der Waals surface area contributed by atoms with Crippen molar-refractivity contribution in [2.24, 2.45) is 0 Å². The fourth-order valence-corrected chi connectivity index (χ4v) is 9.32. The molecule has 1 aromatic heterocycles. The highest BCUT2D eigenvalue weighted by Crippen LogP contribution is 2.59. The molecule has 0 saturated heterocycles. The molecule has 2 heterocycles. The lowest BCUT2D eigenvalue weighted by atomic mass is 9.97. The molecule has 0 N–H and O–H groups in total. The van der Waals surface area contributed by atoms with Crippen LogP contribution in [0.1, 0.15) is 0 Å². The predicted octanol–water partition coefficient (Wildman–Crippen LogP) is 16.3. The molecule has 0 spiro atoms. The van der Waals surface area contributed by atoms with Gasteiger partial charge in [-0.15, -0.1) is 0 Å². The van der Waals surface area contributed by atoms with Gasteiger partial charge in [-0.3, -0.25) is 9.47 Å². The first-order chi connectivity index (χ1) is 30.8. The lowest BCUT2D eigenvalue weighted by Crippen LogP contribution is -2.20. The van der Waals surface area contributed by atoms with Crippen molar-refractivity contribution in [1.82, 2.24) is 4.57 Å². The molecule has 62 heavy (non-hydrogen) atoms. The first-order valence-corrected chi connectivity index (χ1v) is 21.1. The second-order valence-corrected chi connectivity index (χ2v) is 15.7. The smallest absolute Gasteiger partial charge is 0.178 e. The van der Waals surface area contributed by atoms with Gasteiger partial charge in [-0.2, -0.15) is 0 Å². The van der Waals surface area contributed by atoms with Gasteiger partial charge in [0.2, 0.25) is 0 Å². The van der Waals surface area contributed by atoms with E-state index in [1.165, 1.54) is 32.7 Å². The van der Waals surface area contributed by atoms with Crippen molar-refractivity contribution in [3.8, 4) is 39.4 Å². The number of benzene rings is 10. The summed E-state index contributed by atoms with van der Waals surface area (Å²) in [5.41, 5.74) is 11.9. The van der Waals surface area contributed by atoms with E-state index in [1.807, 2.05) is 0 Å². The monoisotopic (exact) mass is 793 g/mol. The quantitative estimate of drug-likeness (QED) is 0.160. The van der Waals surface area contributed by atoms with Crippen molar-refractivity contribution in [2.75, 3.05) is 9.80 Å². The lowest BCUT2D eigenvalue weighted by Gasteiger charge is -2.36. The summed E-state index contributed by atoms with van der Waals surface area (Å²) in [6.07, 6.45) is 0. The average Bonchev–Trinajstić information content (AvgIpc) is 3.68. The van der Waals surface area contributed by atoms with Gasteiger partial charge in [0, 0.05) is 28.1 Å². The Hall–Kier alpha value is -8.34. The molecular weight excluding hydrogens is 755 g/mol. The number of para-hydroxylation sites is 4. The van der Waals surface area contributed by atoms with E-state index in [0.29, 0.717) is 0 Å². The van der Waals surface area contributed by atoms with Gasteiger partial charge in [-0.1, -0.05) is 164 Å². The molecule has 292 valence electrons. The van der Waals surface area contributed by atoms with Gasteiger partial charge in [-0.05, 0) is 117 Å². The Kier molecular flexibility index (Phi) is 8.46. The summed E-state index contributed by atoms with van der Waals surface area (Å²) in [7, 11) is 0.